The van der Waals surface area contributed by atoms with Crippen LogP contribution in [0.15, 0.2) is 18.2 Å². The number of ether oxygens (including phenoxy) is 3. The predicted octanol–water partition coefficient (Wildman–Crippen LogP) is 2.41. The maximum Gasteiger partial charge on any atom is 0.308 e. The van der Waals surface area contributed by atoms with E-state index in [0.717, 1.165) is 0 Å². The van der Waals surface area contributed by atoms with Gasteiger partial charge in [0.1, 0.15) is 5.75 Å². The highest BCUT2D eigenvalue weighted by atomic mass is 16.5. The van der Waals surface area contributed by atoms with Gasteiger partial charge in [-0.25, -0.2) is 0 Å². The SMILES string of the molecule is COc1ccc(OC(C)=O)cc1OC(C)C. The van der Waals surface area contributed by atoms with Gasteiger partial charge in [0.05, 0.1) is 13.2 Å². The maximum atomic E-state index is 10.8. The number of rotatable bonds is 4. The first-order chi connectivity index (χ1) is 7.52. The second-order valence-electron chi connectivity index (χ2n) is 3.57. The molecule has 0 spiro atoms. The Morgan fingerprint density at radius 3 is 2.44 bits per heavy atom. The molecule has 1 rings (SSSR count). The minimum atomic E-state index is -0.360. The zero-order valence-corrected chi connectivity index (χ0v) is 9.94. The third kappa shape index (κ3) is 3.46. The monoisotopic (exact) mass is 224 g/mol. The lowest BCUT2D eigenvalue weighted by Gasteiger charge is -2.14. The Bertz CT molecular complexity index is 371. The van der Waals surface area contributed by atoms with Gasteiger partial charge in [0.15, 0.2) is 11.5 Å². The van der Waals surface area contributed by atoms with Crippen LogP contribution in [0.25, 0.3) is 0 Å². The first-order valence-electron chi connectivity index (χ1n) is 5.06. The summed E-state index contributed by atoms with van der Waals surface area (Å²) in [6.07, 6.45) is 0.0291. The molecule has 88 valence electrons. The quantitative estimate of drug-likeness (QED) is 0.582. The summed E-state index contributed by atoms with van der Waals surface area (Å²) in [7, 11) is 1.56. The third-order valence-electron chi connectivity index (χ3n) is 1.76. The molecule has 0 fully saturated rings. The number of esters is 1. The predicted molar refractivity (Wildman–Crippen MR) is 60.1 cm³/mol. The summed E-state index contributed by atoms with van der Waals surface area (Å²) in [5, 5.41) is 0. The van der Waals surface area contributed by atoms with Crippen molar-refractivity contribution in [3.05, 3.63) is 18.2 Å². The minimum Gasteiger partial charge on any atom is -0.493 e. The van der Waals surface area contributed by atoms with E-state index in [1.165, 1.54) is 6.92 Å². The van der Waals surface area contributed by atoms with Crippen molar-refractivity contribution < 1.29 is 19.0 Å². The van der Waals surface area contributed by atoms with Gasteiger partial charge in [-0.3, -0.25) is 4.79 Å². The average molecular weight is 224 g/mol. The van der Waals surface area contributed by atoms with Gasteiger partial charge < -0.3 is 14.2 Å². The molecule has 0 aliphatic heterocycles. The van der Waals surface area contributed by atoms with Crippen molar-refractivity contribution in [2.24, 2.45) is 0 Å². The number of hydrogen-bond donors (Lipinski definition) is 0. The lowest BCUT2D eigenvalue weighted by atomic mass is 10.3. The van der Waals surface area contributed by atoms with Crippen LogP contribution >= 0.6 is 0 Å². The van der Waals surface area contributed by atoms with Crippen LogP contribution in [-0.4, -0.2) is 19.2 Å². The molecule has 1 aromatic carbocycles. The Kier molecular flexibility index (Phi) is 4.17. The first-order valence-corrected chi connectivity index (χ1v) is 5.06. The normalized spacial score (nSPS) is 10.1. The van der Waals surface area contributed by atoms with E-state index < -0.39 is 0 Å². The van der Waals surface area contributed by atoms with Crippen molar-refractivity contribution >= 4 is 5.97 Å². The van der Waals surface area contributed by atoms with Gasteiger partial charge in [0.2, 0.25) is 0 Å². The lowest BCUT2D eigenvalue weighted by Crippen LogP contribution is -2.07. The van der Waals surface area contributed by atoms with Crippen molar-refractivity contribution in [2.45, 2.75) is 26.9 Å². The van der Waals surface area contributed by atoms with Gasteiger partial charge in [-0.1, -0.05) is 0 Å². The Morgan fingerprint density at radius 2 is 1.94 bits per heavy atom. The van der Waals surface area contributed by atoms with E-state index in [1.54, 1.807) is 25.3 Å². The fourth-order valence-corrected chi connectivity index (χ4v) is 1.23. The molecule has 4 nitrogen and oxygen atoms in total. The minimum absolute atomic E-state index is 0.0291. The van der Waals surface area contributed by atoms with Crippen LogP contribution in [0.5, 0.6) is 17.2 Å². The van der Waals surface area contributed by atoms with Crippen LogP contribution in [-0.2, 0) is 4.79 Å². The van der Waals surface area contributed by atoms with Crippen LogP contribution in [0, 0.1) is 0 Å². The molecule has 16 heavy (non-hydrogen) atoms. The molecule has 0 aliphatic carbocycles. The fourth-order valence-electron chi connectivity index (χ4n) is 1.23. The van der Waals surface area contributed by atoms with Crippen LogP contribution in [0.4, 0.5) is 0 Å². The Labute approximate surface area is 95.1 Å². The van der Waals surface area contributed by atoms with Crippen molar-refractivity contribution in [2.75, 3.05) is 7.11 Å². The lowest BCUT2D eigenvalue weighted by molar-refractivity contribution is -0.131. The van der Waals surface area contributed by atoms with E-state index in [1.807, 2.05) is 13.8 Å². The van der Waals surface area contributed by atoms with Gasteiger partial charge in [-0.2, -0.15) is 0 Å². The molecule has 0 saturated heterocycles. The molecule has 0 atom stereocenters. The second kappa shape index (κ2) is 5.39. The highest BCUT2D eigenvalue weighted by Crippen LogP contribution is 2.32. The van der Waals surface area contributed by atoms with Gasteiger partial charge >= 0.3 is 5.97 Å². The van der Waals surface area contributed by atoms with E-state index in [9.17, 15) is 4.79 Å². The fraction of sp³-hybridized carbons (Fsp3) is 0.417. The molecule has 0 bridgehead atoms. The zero-order chi connectivity index (χ0) is 12.1. The molecule has 0 radical (unpaired) electrons. The van der Waals surface area contributed by atoms with Crippen LogP contribution in [0.2, 0.25) is 0 Å². The van der Waals surface area contributed by atoms with Crippen molar-refractivity contribution in [3.63, 3.8) is 0 Å². The third-order valence-corrected chi connectivity index (χ3v) is 1.76. The summed E-state index contributed by atoms with van der Waals surface area (Å²) in [6, 6.07) is 5.00. The number of methoxy groups -OCH3 is 1. The summed E-state index contributed by atoms with van der Waals surface area (Å²) in [5.74, 6) is 1.27. The number of benzene rings is 1. The molecule has 0 heterocycles. The number of carbonyl (C=O) groups is 1. The van der Waals surface area contributed by atoms with E-state index in [2.05, 4.69) is 0 Å². The van der Waals surface area contributed by atoms with Gasteiger partial charge in [0, 0.05) is 13.0 Å². The first kappa shape index (κ1) is 12.4. The van der Waals surface area contributed by atoms with Gasteiger partial charge in [0.25, 0.3) is 0 Å². The van der Waals surface area contributed by atoms with Gasteiger partial charge in [-0.05, 0) is 26.0 Å². The van der Waals surface area contributed by atoms with E-state index in [-0.39, 0.29) is 12.1 Å². The van der Waals surface area contributed by atoms with Crippen molar-refractivity contribution in [3.8, 4) is 17.2 Å². The van der Waals surface area contributed by atoms with Crippen LogP contribution in [0.3, 0.4) is 0 Å². The number of hydrogen-bond acceptors (Lipinski definition) is 4. The van der Waals surface area contributed by atoms with Crippen LogP contribution in [0.1, 0.15) is 20.8 Å². The summed E-state index contributed by atoms with van der Waals surface area (Å²) >= 11 is 0. The van der Waals surface area contributed by atoms with E-state index in [0.29, 0.717) is 17.2 Å². The second-order valence-corrected chi connectivity index (χ2v) is 3.57. The molecular formula is C12H16O4. The Morgan fingerprint density at radius 1 is 1.25 bits per heavy atom. The molecule has 1 aromatic rings. The molecular weight excluding hydrogens is 208 g/mol. The molecule has 0 saturated carbocycles. The molecule has 0 amide bonds. The van der Waals surface area contributed by atoms with Crippen molar-refractivity contribution in [1.82, 2.24) is 0 Å². The maximum absolute atomic E-state index is 10.8. The standard InChI is InChI=1S/C12H16O4/c1-8(2)15-12-7-10(16-9(3)13)5-6-11(12)14-4/h5-8H,1-4H3. The smallest absolute Gasteiger partial charge is 0.308 e. The summed E-state index contributed by atoms with van der Waals surface area (Å²) in [5.41, 5.74) is 0. The molecule has 0 unspecified atom stereocenters. The summed E-state index contributed by atoms with van der Waals surface area (Å²) in [4.78, 5) is 10.8. The molecule has 0 aliphatic rings. The van der Waals surface area contributed by atoms with E-state index in [4.69, 9.17) is 14.2 Å². The van der Waals surface area contributed by atoms with Gasteiger partial charge in [-0.15, -0.1) is 0 Å². The Balaban J connectivity index is 2.96. The number of carbonyl (C=O) groups excluding carboxylic acids is 1. The summed E-state index contributed by atoms with van der Waals surface area (Å²) < 4.78 is 15.6. The largest absolute Gasteiger partial charge is 0.493 e. The average Bonchev–Trinajstić information content (AvgIpc) is 2.16. The molecule has 0 N–H and O–H groups in total. The molecule has 0 aromatic heterocycles. The van der Waals surface area contributed by atoms with Crippen molar-refractivity contribution in [1.29, 1.82) is 0 Å². The Hall–Kier alpha value is -1.71. The summed E-state index contributed by atoms with van der Waals surface area (Å²) in [6.45, 7) is 5.18. The topological polar surface area (TPSA) is 44.8 Å². The highest BCUT2D eigenvalue weighted by molar-refractivity contribution is 5.69. The highest BCUT2D eigenvalue weighted by Gasteiger charge is 2.09. The molecule has 4 heteroatoms. The van der Waals surface area contributed by atoms with Crippen LogP contribution < -0.4 is 14.2 Å². The van der Waals surface area contributed by atoms with E-state index >= 15 is 0 Å². The zero-order valence-electron chi connectivity index (χ0n) is 9.94.